The molecule has 0 aromatic heterocycles. The van der Waals surface area contributed by atoms with E-state index < -0.39 is 0 Å². The number of hydrogen-bond donors (Lipinski definition) is 0. The first-order valence-electron chi connectivity index (χ1n) is 9.11. The summed E-state index contributed by atoms with van der Waals surface area (Å²) in [5.41, 5.74) is 2.32. The van der Waals surface area contributed by atoms with Crippen LogP contribution in [0, 0.1) is 3.57 Å². The van der Waals surface area contributed by atoms with Crippen LogP contribution in [0.1, 0.15) is 11.1 Å². The van der Waals surface area contributed by atoms with Crippen LogP contribution in [-0.2, 0) is 11.4 Å². The van der Waals surface area contributed by atoms with Crippen molar-refractivity contribution in [1.29, 1.82) is 0 Å². The number of nitrogens with zero attached hydrogens (tertiary/aromatic N) is 1. The molecule has 0 saturated carbocycles. The van der Waals surface area contributed by atoms with E-state index in [1.807, 2.05) is 42.5 Å². The summed E-state index contributed by atoms with van der Waals surface area (Å²) < 4.78 is 6.79. The fourth-order valence-corrected chi connectivity index (χ4v) is 4.69. The second kappa shape index (κ2) is 9.65. The number of amides is 2. The number of ether oxygens (including phenoxy) is 1. The lowest BCUT2D eigenvalue weighted by molar-refractivity contribution is -0.113. The third-order valence-electron chi connectivity index (χ3n) is 4.44. The number of anilines is 1. The molecule has 1 fully saturated rings. The molecule has 156 valence electrons. The lowest BCUT2D eigenvalue weighted by Crippen LogP contribution is -2.27. The van der Waals surface area contributed by atoms with Gasteiger partial charge in [0, 0.05) is 10.0 Å². The minimum Gasteiger partial charge on any atom is -0.488 e. The Morgan fingerprint density at radius 1 is 0.935 bits per heavy atom. The average Bonchev–Trinajstić information content (AvgIpc) is 3.02. The number of halogens is 3. The first-order chi connectivity index (χ1) is 14.9. The molecule has 2 amide bonds. The number of rotatable bonds is 5. The summed E-state index contributed by atoms with van der Waals surface area (Å²) in [4.78, 5) is 26.7. The van der Waals surface area contributed by atoms with Crippen LogP contribution in [0.15, 0.2) is 71.6 Å². The SMILES string of the molecule is O=C1S/C(=C/c2ccc(OCc3ccc(Cl)cc3)c(I)c2)C(=O)N1c1ccc(Cl)cc1. The van der Waals surface area contributed by atoms with Crippen molar-refractivity contribution in [1.82, 2.24) is 0 Å². The van der Waals surface area contributed by atoms with Gasteiger partial charge in [0.1, 0.15) is 12.4 Å². The van der Waals surface area contributed by atoms with Crippen molar-refractivity contribution in [3.05, 3.63) is 96.4 Å². The highest BCUT2D eigenvalue weighted by molar-refractivity contribution is 14.1. The first kappa shape index (κ1) is 22.2. The molecule has 4 rings (SSSR count). The first-order valence-corrected chi connectivity index (χ1v) is 11.8. The van der Waals surface area contributed by atoms with Gasteiger partial charge in [-0.2, -0.15) is 0 Å². The van der Waals surface area contributed by atoms with Gasteiger partial charge < -0.3 is 4.74 Å². The summed E-state index contributed by atoms with van der Waals surface area (Å²) in [7, 11) is 0. The number of carbonyl (C=O) groups is 2. The smallest absolute Gasteiger partial charge is 0.298 e. The molecule has 31 heavy (non-hydrogen) atoms. The van der Waals surface area contributed by atoms with E-state index in [1.54, 1.807) is 30.3 Å². The number of hydrogen-bond acceptors (Lipinski definition) is 4. The Morgan fingerprint density at radius 2 is 1.58 bits per heavy atom. The fourth-order valence-electron chi connectivity index (χ4n) is 2.90. The third-order valence-corrected chi connectivity index (χ3v) is 6.66. The standard InChI is InChI=1S/C23H14Cl2INO3S/c24-16-4-1-14(2-5-16)13-30-20-10-3-15(11-19(20)26)12-21-22(28)27(23(29)31-21)18-8-6-17(25)7-9-18/h1-12H,13H2/b21-12+. The second-order valence-electron chi connectivity index (χ2n) is 6.60. The van der Waals surface area contributed by atoms with Gasteiger partial charge in [-0.05, 0) is 100 Å². The van der Waals surface area contributed by atoms with Gasteiger partial charge in [-0.3, -0.25) is 9.59 Å². The molecule has 0 aliphatic carbocycles. The Kier molecular flexibility index (Phi) is 6.91. The molecule has 0 radical (unpaired) electrons. The highest BCUT2D eigenvalue weighted by Gasteiger charge is 2.36. The Morgan fingerprint density at radius 3 is 2.23 bits per heavy atom. The molecule has 1 aliphatic heterocycles. The van der Waals surface area contributed by atoms with E-state index in [0.29, 0.717) is 27.2 Å². The van der Waals surface area contributed by atoms with Crippen molar-refractivity contribution in [3.8, 4) is 5.75 Å². The minimum atomic E-state index is -0.351. The van der Waals surface area contributed by atoms with Gasteiger partial charge in [-0.25, -0.2) is 4.90 Å². The zero-order valence-corrected chi connectivity index (χ0v) is 20.3. The number of benzene rings is 3. The largest absolute Gasteiger partial charge is 0.488 e. The summed E-state index contributed by atoms with van der Waals surface area (Å²) in [6.07, 6.45) is 1.71. The highest BCUT2D eigenvalue weighted by Crippen LogP contribution is 2.36. The molecule has 1 heterocycles. The molecule has 0 unspecified atom stereocenters. The van der Waals surface area contributed by atoms with Crippen LogP contribution in [0.25, 0.3) is 6.08 Å². The van der Waals surface area contributed by atoms with E-state index in [-0.39, 0.29) is 11.1 Å². The molecule has 0 bridgehead atoms. The predicted molar refractivity (Wildman–Crippen MR) is 135 cm³/mol. The molecular formula is C23H14Cl2INO3S. The van der Waals surface area contributed by atoms with Crippen LogP contribution in [0.2, 0.25) is 10.0 Å². The van der Waals surface area contributed by atoms with Crippen LogP contribution < -0.4 is 9.64 Å². The van der Waals surface area contributed by atoms with Gasteiger partial charge in [-0.15, -0.1) is 0 Å². The van der Waals surface area contributed by atoms with E-state index in [1.165, 1.54) is 0 Å². The van der Waals surface area contributed by atoms with E-state index in [9.17, 15) is 9.59 Å². The summed E-state index contributed by atoms with van der Waals surface area (Å²) in [6.45, 7) is 0.423. The topological polar surface area (TPSA) is 46.6 Å². The highest BCUT2D eigenvalue weighted by atomic mass is 127. The third kappa shape index (κ3) is 5.26. The Bertz CT molecular complexity index is 1180. The Hall–Kier alpha value is -2.00. The van der Waals surface area contributed by atoms with Crippen molar-refractivity contribution >= 4 is 80.5 Å². The van der Waals surface area contributed by atoms with Crippen molar-refractivity contribution in [2.24, 2.45) is 0 Å². The average molecular weight is 582 g/mol. The van der Waals surface area contributed by atoms with E-state index in [4.69, 9.17) is 27.9 Å². The summed E-state index contributed by atoms with van der Waals surface area (Å²) in [5, 5.41) is 0.888. The minimum absolute atomic E-state index is 0.337. The zero-order chi connectivity index (χ0) is 22.0. The lowest BCUT2D eigenvalue weighted by Gasteiger charge is -2.12. The van der Waals surface area contributed by atoms with E-state index in [2.05, 4.69) is 22.6 Å². The molecule has 3 aromatic rings. The van der Waals surface area contributed by atoms with Gasteiger partial charge >= 0.3 is 0 Å². The van der Waals surface area contributed by atoms with Crippen molar-refractivity contribution < 1.29 is 14.3 Å². The number of carbonyl (C=O) groups excluding carboxylic acids is 2. The zero-order valence-electron chi connectivity index (χ0n) is 15.8. The van der Waals surface area contributed by atoms with Gasteiger partial charge in [0.25, 0.3) is 11.1 Å². The maximum Gasteiger partial charge on any atom is 0.298 e. The van der Waals surface area contributed by atoms with Gasteiger partial charge in [0.15, 0.2) is 0 Å². The fraction of sp³-hybridized carbons (Fsp3) is 0.0435. The quantitative estimate of drug-likeness (QED) is 0.232. The molecule has 1 aliphatic rings. The van der Waals surface area contributed by atoms with Crippen LogP contribution in [-0.4, -0.2) is 11.1 Å². The van der Waals surface area contributed by atoms with Crippen molar-refractivity contribution in [2.75, 3.05) is 4.90 Å². The molecular weight excluding hydrogens is 568 g/mol. The summed E-state index contributed by atoms with van der Waals surface area (Å²) >= 11 is 14.9. The molecule has 0 N–H and O–H groups in total. The van der Waals surface area contributed by atoms with Crippen molar-refractivity contribution in [3.63, 3.8) is 0 Å². The molecule has 1 saturated heterocycles. The maximum atomic E-state index is 12.8. The van der Waals surface area contributed by atoms with Crippen LogP contribution in [0.3, 0.4) is 0 Å². The molecule has 0 atom stereocenters. The maximum absolute atomic E-state index is 12.8. The van der Waals surface area contributed by atoms with Crippen LogP contribution >= 0.6 is 57.6 Å². The number of imide groups is 1. The van der Waals surface area contributed by atoms with Crippen molar-refractivity contribution in [2.45, 2.75) is 6.61 Å². The Balaban J connectivity index is 1.49. The normalized spacial score (nSPS) is 15.1. The van der Waals surface area contributed by atoms with Crippen LogP contribution in [0.4, 0.5) is 10.5 Å². The molecule has 3 aromatic carbocycles. The lowest BCUT2D eigenvalue weighted by atomic mass is 10.2. The van der Waals surface area contributed by atoms with E-state index in [0.717, 1.165) is 37.1 Å². The monoisotopic (exact) mass is 581 g/mol. The summed E-state index contributed by atoms with van der Waals surface area (Å²) in [6, 6.07) is 19.7. The summed E-state index contributed by atoms with van der Waals surface area (Å²) in [5.74, 6) is 0.386. The predicted octanol–water partition coefficient (Wildman–Crippen LogP) is 7.42. The van der Waals surface area contributed by atoms with Crippen LogP contribution in [0.5, 0.6) is 5.75 Å². The molecule has 0 spiro atoms. The van der Waals surface area contributed by atoms with Gasteiger partial charge in [0.2, 0.25) is 0 Å². The molecule has 4 nitrogen and oxygen atoms in total. The van der Waals surface area contributed by atoms with E-state index >= 15 is 0 Å². The molecule has 8 heteroatoms. The van der Waals surface area contributed by atoms with Gasteiger partial charge in [-0.1, -0.05) is 41.4 Å². The van der Waals surface area contributed by atoms with Gasteiger partial charge in [0.05, 0.1) is 14.2 Å². The number of thioether (sulfide) groups is 1. The second-order valence-corrected chi connectivity index (χ2v) is 9.63. The Labute approximate surface area is 207 Å².